The average molecular weight is 1080 g/mol. The lowest BCUT2D eigenvalue weighted by Crippen LogP contribution is -2.45. The summed E-state index contributed by atoms with van der Waals surface area (Å²) < 4.78 is 46.8. The number of aliphatic carboxylic acids is 1. The molecule has 1 aliphatic carbocycles. The zero-order chi connectivity index (χ0) is 53.7. The SMILES string of the molecule is C#CCN1C(=O)COc2cc(F)c(N3C(=O)C4=C(CCCC4)C3=O)cc21.CC1(C)OC(c2ccco2)CN1C(=O)C(Cl)Cl.CCc1cccc(CC)c1N(COC)C(=O)CCl.CP(=O)(O)CCC(N)C(=O)O. The van der Waals surface area contributed by atoms with Crippen LogP contribution in [-0.2, 0) is 55.6 Å². The molecule has 7 rings (SSSR count). The predicted octanol–water partition coefficient (Wildman–Crippen LogP) is 7.32. The Morgan fingerprint density at radius 1 is 1.04 bits per heavy atom. The number of carbonyl (C=O) groups is 6. The minimum absolute atomic E-state index is 0.0170. The molecule has 0 radical (unpaired) electrons. The first-order chi connectivity index (χ1) is 34.0. The molecule has 3 atom stereocenters. The number of halogens is 4. The number of aryl methyl sites for hydroxylation is 2. The second-order valence-corrected chi connectivity index (χ2v) is 21.1. The van der Waals surface area contributed by atoms with Gasteiger partial charge in [0.25, 0.3) is 23.6 Å². The van der Waals surface area contributed by atoms with Crippen LogP contribution in [0.25, 0.3) is 0 Å². The van der Waals surface area contributed by atoms with Crippen molar-refractivity contribution in [3.8, 4) is 18.1 Å². The zero-order valence-corrected chi connectivity index (χ0v) is 44.0. The third-order valence-electron chi connectivity index (χ3n) is 11.7. The third-order valence-corrected chi connectivity index (χ3v) is 13.4. The van der Waals surface area contributed by atoms with E-state index >= 15 is 0 Å². The van der Waals surface area contributed by atoms with Crippen molar-refractivity contribution in [3.63, 3.8) is 0 Å². The van der Waals surface area contributed by atoms with Gasteiger partial charge < -0.3 is 39.3 Å². The van der Waals surface area contributed by atoms with E-state index < -0.39 is 47.6 Å². The predicted molar refractivity (Wildman–Crippen MR) is 271 cm³/mol. The van der Waals surface area contributed by atoms with Crippen LogP contribution < -0.4 is 25.2 Å². The highest BCUT2D eigenvalue weighted by Crippen LogP contribution is 2.42. The number of terminal acetylenes is 1. The fourth-order valence-corrected chi connectivity index (χ4v) is 9.20. The summed E-state index contributed by atoms with van der Waals surface area (Å²) in [6.07, 6.45) is 11.0. The van der Waals surface area contributed by atoms with Crippen LogP contribution in [0.5, 0.6) is 5.75 Å². The van der Waals surface area contributed by atoms with Gasteiger partial charge in [0.2, 0.25) is 5.91 Å². The molecule has 0 saturated carbocycles. The molecule has 3 unspecified atom stereocenters. The average Bonchev–Trinajstić information content (AvgIpc) is 4.06. The van der Waals surface area contributed by atoms with Gasteiger partial charge in [0.15, 0.2) is 24.6 Å². The van der Waals surface area contributed by atoms with Crippen molar-refractivity contribution in [1.29, 1.82) is 0 Å². The van der Waals surface area contributed by atoms with Crippen LogP contribution in [-0.4, -0.2) is 119 Å². The Morgan fingerprint density at radius 3 is 2.14 bits per heavy atom. The van der Waals surface area contributed by atoms with Crippen molar-refractivity contribution in [3.05, 3.63) is 82.6 Å². The summed E-state index contributed by atoms with van der Waals surface area (Å²) in [6.45, 7) is 9.28. The highest BCUT2D eigenvalue weighted by molar-refractivity contribution is 7.57. The zero-order valence-electron chi connectivity index (χ0n) is 40.8. The number of nitrogens with zero attached hydrogens (tertiary/aromatic N) is 4. The maximum absolute atomic E-state index is 14.7. The van der Waals surface area contributed by atoms with Gasteiger partial charge in [0, 0.05) is 37.1 Å². The number of furan rings is 1. The quantitative estimate of drug-likeness (QED) is 0.0471. The van der Waals surface area contributed by atoms with Crippen LogP contribution in [0.2, 0.25) is 0 Å². The van der Waals surface area contributed by atoms with Gasteiger partial charge in [0.1, 0.15) is 42.0 Å². The van der Waals surface area contributed by atoms with E-state index in [2.05, 4.69) is 19.8 Å². The highest BCUT2D eigenvalue weighted by atomic mass is 35.5. The number of ether oxygens (including phenoxy) is 3. The first-order valence-corrected chi connectivity index (χ1v) is 26.5. The number of nitrogens with two attached hydrogens (primary N) is 1. The molecule has 4 N–H and O–H groups in total. The number of rotatable bonds is 14. The lowest BCUT2D eigenvalue weighted by molar-refractivity contribution is -0.144. The van der Waals surface area contributed by atoms with Crippen LogP contribution in [0.15, 0.2) is 64.3 Å². The molecule has 1 saturated heterocycles. The molecule has 18 nitrogen and oxygen atoms in total. The smallest absolute Gasteiger partial charge is 0.320 e. The molecule has 1 fully saturated rings. The van der Waals surface area contributed by atoms with Crippen molar-refractivity contribution in [2.24, 2.45) is 5.73 Å². The summed E-state index contributed by atoms with van der Waals surface area (Å²) in [7, 11) is -1.52. The number of hydrogen-bond donors (Lipinski definition) is 3. The monoisotopic (exact) mass is 1080 g/mol. The molecule has 3 aliphatic heterocycles. The number of carboxylic acid groups (broad SMARTS) is 1. The van der Waals surface area contributed by atoms with Gasteiger partial charge >= 0.3 is 5.97 Å². The molecule has 1 aromatic heterocycles. The van der Waals surface area contributed by atoms with Gasteiger partial charge in [-0.15, -0.1) is 18.0 Å². The van der Waals surface area contributed by atoms with Crippen LogP contribution >= 0.6 is 42.2 Å². The van der Waals surface area contributed by atoms with E-state index in [0.29, 0.717) is 36.3 Å². The number of alkyl halides is 3. The lowest BCUT2D eigenvalue weighted by atomic mass is 9.93. The van der Waals surface area contributed by atoms with Gasteiger partial charge in [0.05, 0.1) is 36.4 Å². The fraction of sp³-hybridized carbons (Fsp3) is 0.469. The number of anilines is 3. The Morgan fingerprint density at radius 2 is 1.65 bits per heavy atom. The van der Waals surface area contributed by atoms with E-state index in [1.807, 2.05) is 24.3 Å². The number of methoxy groups -OCH3 is 1. The summed E-state index contributed by atoms with van der Waals surface area (Å²) in [5, 5.41) is 8.28. The van der Waals surface area contributed by atoms with Crippen LogP contribution in [0.3, 0.4) is 0 Å². The van der Waals surface area contributed by atoms with E-state index in [1.165, 1.54) is 22.5 Å². The van der Waals surface area contributed by atoms with E-state index in [1.54, 1.807) is 38.2 Å². The molecule has 72 heavy (non-hydrogen) atoms. The van der Waals surface area contributed by atoms with Gasteiger partial charge in [-0.1, -0.05) is 61.2 Å². The third kappa shape index (κ3) is 14.9. The molecule has 0 spiro atoms. The summed E-state index contributed by atoms with van der Waals surface area (Å²) in [5.74, 6) is -0.567. The molecule has 4 heterocycles. The number of amides is 5. The Kier molecular flexibility index (Phi) is 21.9. The first kappa shape index (κ1) is 59.3. The largest absolute Gasteiger partial charge is 0.481 e. The number of carboxylic acids is 1. The number of para-hydroxylation sites is 1. The highest BCUT2D eigenvalue weighted by Gasteiger charge is 2.45. The summed E-state index contributed by atoms with van der Waals surface area (Å²) in [6, 6.07) is 11.0. The van der Waals surface area contributed by atoms with Gasteiger partial charge in [-0.3, -0.25) is 43.1 Å². The number of carbonyl (C=O) groups excluding carboxylic acids is 5. The van der Waals surface area contributed by atoms with E-state index in [9.17, 15) is 37.7 Å². The Bertz CT molecular complexity index is 2530. The maximum Gasteiger partial charge on any atom is 0.320 e. The van der Waals surface area contributed by atoms with Crippen LogP contribution in [0.1, 0.15) is 82.8 Å². The molecular formula is C49H60Cl3FN5O13P. The minimum Gasteiger partial charge on any atom is -0.481 e. The van der Waals surface area contributed by atoms with Crippen molar-refractivity contribution < 1.29 is 66.4 Å². The lowest BCUT2D eigenvalue weighted by Gasteiger charge is -2.29. The second kappa shape index (κ2) is 26.6. The Balaban J connectivity index is 0.000000218. The van der Waals surface area contributed by atoms with Crippen LogP contribution in [0, 0.1) is 18.2 Å². The molecule has 392 valence electrons. The van der Waals surface area contributed by atoms with Crippen molar-refractivity contribution in [1.82, 2.24) is 4.90 Å². The number of fused-ring (bicyclic) bond motifs is 1. The standard InChI is InChI=1S/C19H15FN2O4.C14H20ClNO2.C11H13Cl2NO3.C5H12NO4P/c1-2-7-21-15-9-14(13(20)8-16(15)26-10-17(21)23)22-18(24)11-5-3-4-6-12(11)19(22)25;1-4-11-7-6-8-12(5-2)14(11)16(10-18-3)13(17)9-15;1-11(2)14(10(15)9(12)13)6-8(17-11)7-4-3-5-16-7;1-11(9,10)3-2-4(6)5(7)8/h1,8-9H,3-7,10H2;6-8H,4-5,9-10H2,1-3H3;3-5,8-9H,6H2,1-2H3;4H,2-3,6H2,1H3,(H,7,8)(H,9,10). The molecule has 2 aromatic carbocycles. The van der Waals surface area contributed by atoms with Crippen molar-refractivity contribution in [2.45, 2.75) is 95.3 Å². The summed E-state index contributed by atoms with van der Waals surface area (Å²) in [4.78, 5) is 84.3. The molecule has 0 bridgehead atoms. The maximum atomic E-state index is 14.7. The van der Waals surface area contributed by atoms with E-state index in [0.717, 1.165) is 53.5 Å². The molecule has 5 amide bonds. The molecule has 3 aromatic rings. The Labute approximate surface area is 432 Å². The molecular weight excluding hydrogens is 1020 g/mol. The normalized spacial score (nSPS) is 18.0. The van der Waals surface area contributed by atoms with E-state index in [4.69, 9.17) is 75.6 Å². The van der Waals surface area contributed by atoms with Gasteiger partial charge in [-0.05, 0) is 88.1 Å². The molecule has 4 aliphatic rings. The summed E-state index contributed by atoms with van der Waals surface area (Å²) >= 11 is 16.9. The van der Waals surface area contributed by atoms with Crippen molar-refractivity contribution in [2.75, 3.05) is 66.9 Å². The second-order valence-electron chi connectivity index (χ2n) is 17.2. The van der Waals surface area contributed by atoms with Gasteiger partial charge in [-0.25, -0.2) is 9.29 Å². The first-order valence-electron chi connectivity index (χ1n) is 22.8. The number of hydrogen-bond acceptors (Lipinski definition) is 12. The number of benzene rings is 2. The summed E-state index contributed by atoms with van der Waals surface area (Å²) in [5.41, 5.74) is 8.59. The van der Waals surface area contributed by atoms with E-state index in [-0.39, 0.29) is 79.3 Å². The molecule has 23 heteroatoms. The Hall–Kier alpha value is -5.29. The topological polar surface area (TPSA) is 240 Å². The number of imide groups is 1. The van der Waals surface area contributed by atoms with Crippen LogP contribution in [0.4, 0.5) is 21.5 Å². The van der Waals surface area contributed by atoms with Gasteiger partial charge in [-0.2, -0.15) is 0 Å². The fourth-order valence-electron chi connectivity index (χ4n) is 8.06. The van der Waals surface area contributed by atoms with Crippen molar-refractivity contribution >= 4 is 94.7 Å². The minimum atomic E-state index is -3.10.